The minimum atomic E-state index is 0.757. The molecule has 1 aromatic carbocycles. The Balaban J connectivity index is 1.27. The second kappa shape index (κ2) is 8.58. The molecule has 1 fully saturated rings. The van der Waals surface area contributed by atoms with Gasteiger partial charge in [0.25, 0.3) is 0 Å². The number of aromatic nitrogens is 2. The smallest absolute Gasteiger partial charge is 0.173 e. The predicted molar refractivity (Wildman–Crippen MR) is 114 cm³/mol. The van der Waals surface area contributed by atoms with Crippen LogP contribution < -0.4 is 5.32 Å². The van der Waals surface area contributed by atoms with Crippen LogP contribution in [0.3, 0.4) is 0 Å². The largest absolute Gasteiger partial charge is 0.468 e. The molecule has 6 nitrogen and oxygen atoms in total. The van der Waals surface area contributed by atoms with E-state index in [2.05, 4.69) is 51.4 Å². The first-order valence-corrected chi connectivity index (χ1v) is 9.96. The molecule has 3 aromatic rings. The molecule has 0 bridgehead atoms. The summed E-state index contributed by atoms with van der Waals surface area (Å²) >= 11 is 5.61. The second-order valence-corrected chi connectivity index (χ2v) is 7.51. The third-order valence-corrected chi connectivity index (χ3v) is 5.46. The fourth-order valence-electron chi connectivity index (χ4n) is 3.41. The van der Waals surface area contributed by atoms with E-state index in [9.17, 15) is 0 Å². The van der Waals surface area contributed by atoms with Crippen molar-refractivity contribution in [3.8, 4) is 0 Å². The van der Waals surface area contributed by atoms with Crippen LogP contribution >= 0.6 is 12.2 Å². The summed E-state index contributed by atoms with van der Waals surface area (Å²) in [6.45, 7) is 7.48. The van der Waals surface area contributed by atoms with Gasteiger partial charge in [0.1, 0.15) is 5.76 Å². The monoisotopic (exact) mass is 395 g/mol. The quantitative estimate of drug-likeness (QED) is 0.669. The minimum Gasteiger partial charge on any atom is -0.468 e. The Bertz CT molecular complexity index is 913. The zero-order chi connectivity index (χ0) is 19.3. The SMILES string of the molecule is Cc1ccccc1Cn1cc(NC(=S)N2CCN(Cc3ccco3)CC2)cn1. The highest BCUT2D eigenvalue weighted by Crippen LogP contribution is 2.14. The van der Waals surface area contributed by atoms with Crippen molar-refractivity contribution in [1.82, 2.24) is 19.6 Å². The van der Waals surface area contributed by atoms with Crippen molar-refractivity contribution >= 4 is 23.0 Å². The number of hydrogen-bond donors (Lipinski definition) is 1. The van der Waals surface area contributed by atoms with Crippen LogP contribution in [-0.2, 0) is 13.1 Å². The first-order valence-electron chi connectivity index (χ1n) is 9.55. The molecule has 1 N–H and O–H groups in total. The van der Waals surface area contributed by atoms with E-state index in [1.165, 1.54) is 11.1 Å². The zero-order valence-electron chi connectivity index (χ0n) is 16.0. The highest BCUT2D eigenvalue weighted by atomic mass is 32.1. The molecule has 4 rings (SSSR count). The third-order valence-electron chi connectivity index (χ3n) is 5.10. The average molecular weight is 396 g/mol. The van der Waals surface area contributed by atoms with Crippen LogP contribution in [0.2, 0.25) is 0 Å². The maximum absolute atomic E-state index is 5.61. The Morgan fingerprint density at radius 2 is 1.93 bits per heavy atom. The van der Waals surface area contributed by atoms with Gasteiger partial charge in [0.05, 0.1) is 31.2 Å². The summed E-state index contributed by atoms with van der Waals surface area (Å²) in [5, 5.41) is 8.55. The maximum atomic E-state index is 5.61. The number of anilines is 1. The summed E-state index contributed by atoms with van der Waals surface area (Å²) in [4.78, 5) is 4.60. The number of rotatable bonds is 5. The van der Waals surface area contributed by atoms with Gasteiger partial charge in [-0.1, -0.05) is 24.3 Å². The number of piperazine rings is 1. The Morgan fingerprint density at radius 3 is 2.68 bits per heavy atom. The van der Waals surface area contributed by atoms with Gasteiger partial charge in [-0.15, -0.1) is 0 Å². The first kappa shape index (κ1) is 18.7. The van der Waals surface area contributed by atoms with E-state index >= 15 is 0 Å². The van der Waals surface area contributed by atoms with Crippen LogP contribution in [0, 0.1) is 6.92 Å². The molecule has 0 atom stereocenters. The Hall–Kier alpha value is -2.64. The van der Waals surface area contributed by atoms with Gasteiger partial charge in [-0.3, -0.25) is 9.58 Å². The van der Waals surface area contributed by atoms with E-state index in [-0.39, 0.29) is 0 Å². The van der Waals surface area contributed by atoms with E-state index in [1.54, 1.807) is 6.26 Å². The van der Waals surface area contributed by atoms with Crippen molar-refractivity contribution in [3.05, 3.63) is 71.9 Å². The Morgan fingerprint density at radius 1 is 1.11 bits per heavy atom. The van der Waals surface area contributed by atoms with Crippen LogP contribution in [0.4, 0.5) is 5.69 Å². The number of hydrogen-bond acceptors (Lipinski definition) is 4. The van der Waals surface area contributed by atoms with Gasteiger partial charge in [0.15, 0.2) is 5.11 Å². The van der Waals surface area contributed by atoms with Crippen molar-refractivity contribution in [2.24, 2.45) is 0 Å². The van der Waals surface area contributed by atoms with Crippen molar-refractivity contribution < 1.29 is 4.42 Å². The Kier molecular flexibility index (Phi) is 5.73. The van der Waals surface area contributed by atoms with Crippen LogP contribution in [0.5, 0.6) is 0 Å². The van der Waals surface area contributed by atoms with Gasteiger partial charge in [0.2, 0.25) is 0 Å². The summed E-state index contributed by atoms with van der Waals surface area (Å²) in [6.07, 6.45) is 5.56. The lowest BCUT2D eigenvalue weighted by Gasteiger charge is -2.35. The van der Waals surface area contributed by atoms with Gasteiger partial charge in [-0.25, -0.2) is 0 Å². The molecule has 7 heteroatoms. The number of nitrogens with zero attached hydrogens (tertiary/aromatic N) is 4. The molecule has 2 aromatic heterocycles. The van der Waals surface area contributed by atoms with Gasteiger partial charge in [0, 0.05) is 32.4 Å². The molecule has 0 radical (unpaired) electrons. The van der Waals surface area contributed by atoms with E-state index < -0.39 is 0 Å². The molecule has 146 valence electrons. The number of aryl methyl sites for hydroxylation is 1. The van der Waals surface area contributed by atoms with Gasteiger partial charge in [-0.2, -0.15) is 5.10 Å². The summed E-state index contributed by atoms with van der Waals surface area (Å²) in [7, 11) is 0. The number of furan rings is 1. The predicted octanol–water partition coefficient (Wildman–Crippen LogP) is 3.35. The van der Waals surface area contributed by atoms with E-state index in [4.69, 9.17) is 16.6 Å². The summed E-state index contributed by atoms with van der Waals surface area (Å²) in [5.74, 6) is 1.01. The molecule has 1 aliphatic heterocycles. The first-order chi connectivity index (χ1) is 13.7. The summed E-state index contributed by atoms with van der Waals surface area (Å²) in [5.41, 5.74) is 3.47. The number of nitrogens with one attached hydrogen (secondary N) is 1. The normalized spacial score (nSPS) is 15.0. The second-order valence-electron chi connectivity index (χ2n) is 7.13. The van der Waals surface area contributed by atoms with Crippen molar-refractivity contribution in [2.75, 3.05) is 31.5 Å². The summed E-state index contributed by atoms with van der Waals surface area (Å²) < 4.78 is 7.38. The zero-order valence-corrected chi connectivity index (χ0v) is 16.9. The summed E-state index contributed by atoms with van der Waals surface area (Å²) in [6, 6.07) is 12.3. The van der Waals surface area contributed by atoms with Crippen molar-refractivity contribution in [3.63, 3.8) is 0 Å². The molecule has 28 heavy (non-hydrogen) atoms. The fourth-order valence-corrected chi connectivity index (χ4v) is 3.71. The molecule has 1 saturated heterocycles. The lowest BCUT2D eigenvalue weighted by atomic mass is 10.1. The molecule has 1 aliphatic rings. The van der Waals surface area contributed by atoms with E-state index in [0.29, 0.717) is 0 Å². The molecule has 0 unspecified atom stereocenters. The third kappa shape index (κ3) is 4.61. The van der Waals surface area contributed by atoms with Crippen LogP contribution in [0.1, 0.15) is 16.9 Å². The van der Waals surface area contributed by atoms with E-state index in [0.717, 1.165) is 55.8 Å². The van der Waals surface area contributed by atoms with Crippen LogP contribution in [0.25, 0.3) is 0 Å². The molecule has 0 saturated carbocycles. The van der Waals surface area contributed by atoms with Gasteiger partial charge >= 0.3 is 0 Å². The van der Waals surface area contributed by atoms with Crippen molar-refractivity contribution in [1.29, 1.82) is 0 Å². The molecule has 0 amide bonds. The number of thiocarbonyl (C=S) groups is 1. The Labute approximate surface area is 170 Å². The highest BCUT2D eigenvalue weighted by molar-refractivity contribution is 7.80. The average Bonchev–Trinajstić information content (AvgIpc) is 3.36. The molecular formula is C21H25N5OS. The number of benzene rings is 1. The van der Waals surface area contributed by atoms with Crippen molar-refractivity contribution in [2.45, 2.75) is 20.0 Å². The molecular weight excluding hydrogens is 370 g/mol. The molecule has 0 spiro atoms. The minimum absolute atomic E-state index is 0.757. The fraction of sp³-hybridized carbons (Fsp3) is 0.333. The van der Waals surface area contributed by atoms with Gasteiger partial charge in [-0.05, 0) is 42.4 Å². The lowest BCUT2D eigenvalue weighted by molar-refractivity contribution is 0.166. The van der Waals surface area contributed by atoms with E-state index in [1.807, 2.05) is 29.2 Å². The molecule has 0 aliphatic carbocycles. The van der Waals surface area contributed by atoms with Crippen LogP contribution in [0.15, 0.2) is 59.5 Å². The maximum Gasteiger partial charge on any atom is 0.173 e. The molecule has 3 heterocycles. The van der Waals surface area contributed by atoms with Crippen LogP contribution in [-0.4, -0.2) is 50.9 Å². The van der Waals surface area contributed by atoms with Gasteiger partial charge < -0.3 is 14.6 Å². The topological polar surface area (TPSA) is 49.5 Å². The standard InChI is InChI=1S/C21H25N5OS/c1-17-5-2-3-6-18(17)14-26-15-19(13-22-26)23-21(28)25-10-8-24(9-11-25)16-20-7-4-12-27-20/h2-7,12-13,15H,8-11,14,16H2,1H3,(H,23,28). The highest BCUT2D eigenvalue weighted by Gasteiger charge is 2.20. The lowest BCUT2D eigenvalue weighted by Crippen LogP contribution is -2.49.